The molecule has 0 bridgehead atoms. The van der Waals surface area contributed by atoms with E-state index in [4.69, 9.17) is 0 Å². The van der Waals surface area contributed by atoms with Gasteiger partial charge in [-0.25, -0.2) is 8.42 Å². The van der Waals surface area contributed by atoms with Crippen molar-refractivity contribution in [1.29, 1.82) is 0 Å². The second kappa shape index (κ2) is 8.16. The van der Waals surface area contributed by atoms with Crippen molar-refractivity contribution in [1.82, 2.24) is 15.5 Å². The first-order chi connectivity index (χ1) is 12.4. The number of hydrogen-bond donors (Lipinski definition) is 1. The van der Waals surface area contributed by atoms with Gasteiger partial charge in [-0.1, -0.05) is 11.6 Å². The molecule has 1 amide bonds. The Labute approximate surface area is 154 Å². The fourth-order valence-electron chi connectivity index (χ4n) is 3.46. The SMILES string of the molecule is CN(c1ccc(C(=O)NCCC2=CCCCC2)nn1)C1CCS(=O)(=O)C1. The number of sulfone groups is 1. The summed E-state index contributed by atoms with van der Waals surface area (Å²) in [4.78, 5) is 14.0. The van der Waals surface area contributed by atoms with Gasteiger partial charge in [0.05, 0.1) is 11.5 Å². The zero-order valence-corrected chi connectivity index (χ0v) is 16.0. The molecule has 1 aliphatic heterocycles. The number of nitrogens with one attached hydrogen (secondary N) is 1. The minimum absolute atomic E-state index is 0.0854. The Morgan fingerprint density at radius 1 is 1.31 bits per heavy atom. The number of carbonyl (C=O) groups is 1. The first-order valence-electron chi connectivity index (χ1n) is 9.18. The van der Waals surface area contributed by atoms with E-state index in [0.29, 0.717) is 18.8 Å². The Bertz CT molecular complexity index is 774. The topological polar surface area (TPSA) is 92.3 Å². The number of allylic oxidation sites excluding steroid dienone is 1. The van der Waals surface area contributed by atoms with Crippen LogP contribution in [-0.4, -0.2) is 55.7 Å². The van der Waals surface area contributed by atoms with Crippen LogP contribution < -0.4 is 10.2 Å². The monoisotopic (exact) mass is 378 g/mol. The number of aromatic nitrogens is 2. The lowest BCUT2D eigenvalue weighted by Gasteiger charge is -2.23. The number of carbonyl (C=O) groups excluding carboxylic acids is 1. The number of anilines is 1. The van der Waals surface area contributed by atoms with E-state index in [1.807, 2.05) is 11.9 Å². The molecule has 1 aromatic rings. The smallest absolute Gasteiger partial charge is 0.271 e. The summed E-state index contributed by atoms with van der Waals surface area (Å²) >= 11 is 0. The molecule has 142 valence electrons. The van der Waals surface area contributed by atoms with Gasteiger partial charge in [-0.15, -0.1) is 10.2 Å². The minimum atomic E-state index is -2.95. The summed E-state index contributed by atoms with van der Waals surface area (Å²) in [6.45, 7) is 0.605. The summed E-state index contributed by atoms with van der Waals surface area (Å²) in [5.74, 6) is 0.706. The second-order valence-corrected chi connectivity index (χ2v) is 9.29. The molecule has 7 nitrogen and oxygen atoms in total. The van der Waals surface area contributed by atoms with Crippen LogP contribution in [-0.2, 0) is 9.84 Å². The highest BCUT2D eigenvalue weighted by molar-refractivity contribution is 7.91. The molecule has 2 heterocycles. The Balaban J connectivity index is 1.51. The lowest BCUT2D eigenvalue weighted by atomic mass is 9.97. The molecule has 1 N–H and O–H groups in total. The average molecular weight is 378 g/mol. The van der Waals surface area contributed by atoms with Crippen molar-refractivity contribution in [2.75, 3.05) is 30.0 Å². The van der Waals surface area contributed by atoms with E-state index in [-0.39, 0.29) is 29.1 Å². The highest BCUT2D eigenvalue weighted by Crippen LogP contribution is 2.21. The lowest BCUT2D eigenvalue weighted by Crippen LogP contribution is -2.33. The van der Waals surface area contributed by atoms with Crippen LogP contribution in [0.2, 0.25) is 0 Å². The van der Waals surface area contributed by atoms with Crippen LogP contribution in [0.15, 0.2) is 23.8 Å². The number of nitrogens with zero attached hydrogens (tertiary/aromatic N) is 3. The summed E-state index contributed by atoms with van der Waals surface area (Å²) in [6.07, 6.45) is 8.54. The summed E-state index contributed by atoms with van der Waals surface area (Å²) in [5, 5.41) is 11.0. The summed E-state index contributed by atoms with van der Waals surface area (Å²) in [7, 11) is -1.14. The van der Waals surface area contributed by atoms with Gasteiger partial charge in [-0.3, -0.25) is 4.79 Å². The first-order valence-corrected chi connectivity index (χ1v) is 11.0. The second-order valence-electron chi connectivity index (χ2n) is 7.06. The molecule has 2 aliphatic rings. The van der Waals surface area contributed by atoms with Gasteiger partial charge in [0.2, 0.25) is 0 Å². The van der Waals surface area contributed by atoms with Gasteiger partial charge in [-0.2, -0.15) is 0 Å². The van der Waals surface area contributed by atoms with Crippen LogP contribution in [0.3, 0.4) is 0 Å². The van der Waals surface area contributed by atoms with E-state index in [0.717, 1.165) is 19.3 Å². The fraction of sp³-hybridized carbons (Fsp3) is 0.611. The van der Waals surface area contributed by atoms with E-state index >= 15 is 0 Å². The summed E-state index contributed by atoms with van der Waals surface area (Å²) in [5.41, 5.74) is 1.70. The van der Waals surface area contributed by atoms with Gasteiger partial charge in [0.1, 0.15) is 0 Å². The molecule has 26 heavy (non-hydrogen) atoms. The molecule has 0 saturated carbocycles. The first kappa shape index (κ1) is 18.8. The van der Waals surface area contributed by atoms with Gasteiger partial charge >= 0.3 is 0 Å². The molecule has 0 aromatic carbocycles. The van der Waals surface area contributed by atoms with Gasteiger partial charge in [-0.05, 0) is 50.7 Å². The van der Waals surface area contributed by atoms with Crippen LogP contribution in [0.5, 0.6) is 0 Å². The molecule has 1 saturated heterocycles. The molecular formula is C18H26N4O3S. The summed E-state index contributed by atoms with van der Waals surface area (Å²) in [6, 6.07) is 3.27. The maximum absolute atomic E-state index is 12.2. The Hall–Kier alpha value is -1.96. The van der Waals surface area contributed by atoms with Gasteiger partial charge < -0.3 is 10.2 Å². The molecule has 1 aliphatic carbocycles. The standard InChI is InChI=1S/C18H26N4O3S/c1-22(15-10-12-26(24,25)13-15)17-8-7-16(20-21-17)18(23)19-11-9-14-5-3-2-4-6-14/h5,7-8,15H,2-4,6,9-13H2,1H3,(H,19,23). The van der Waals surface area contributed by atoms with Gasteiger partial charge in [0, 0.05) is 19.6 Å². The number of amides is 1. The molecule has 8 heteroatoms. The van der Waals surface area contributed by atoms with Crippen molar-refractivity contribution in [3.63, 3.8) is 0 Å². The molecule has 1 aromatic heterocycles. The minimum Gasteiger partial charge on any atom is -0.354 e. The number of hydrogen-bond acceptors (Lipinski definition) is 6. The molecule has 0 radical (unpaired) electrons. The molecule has 3 rings (SSSR count). The van der Waals surface area contributed by atoms with E-state index in [9.17, 15) is 13.2 Å². The molecule has 1 fully saturated rings. The Morgan fingerprint density at radius 2 is 2.15 bits per heavy atom. The Kier molecular flexibility index (Phi) is 5.90. The van der Waals surface area contributed by atoms with Crippen LogP contribution in [0.1, 0.15) is 49.0 Å². The van der Waals surface area contributed by atoms with E-state index in [1.54, 1.807) is 12.1 Å². The third kappa shape index (κ3) is 4.81. The van der Waals surface area contributed by atoms with Crippen LogP contribution in [0, 0.1) is 0 Å². The van der Waals surface area contributed by atoms with Gasteiger partial charge in [0.25, 0.3) is 5.91 Å². The number of rotatable bonds is 6. The van der Waals surface area contributed by atoms with E-state index in [2.05, 4.69) is 21.6 Å². The third-order valence-electron chi connectivity index (χ3n) is 5.12. The average Bonchev–Trinajstić information content (AvgIpc) is 3.02. The molecule has 0 spiro atoms. The van der Waals surface area contributed by atoms with E-state index in [1.165, 1.54) is 18.4 Å². The van der Waals surface area contributed by atoms with Crippen molar-refractivity contribution in [2.45, 2.75) is 44.6 Å². The van der Waals surface area contributed by atoms with E-state index < -0.39 is 9.84 Å². The molecular weight excluding hydrogens is 352 g/mol. The molecule has 1 atom stereocenters. The fourth-order valence-corrected chi connectivity index (χ4v) is 5.24. The highest BCUT2D eigenvalue weighted by Gasteiger charge is 2.31. The summed E-state index contributed by atoms with van der Waals surface area (Å²) < 4.78 is 23.2. The highest BCUT2D eigenvalue weighted by atomic mass is 32.2. The van der Waals surface area contributed by atoms with Gasteiger partial charge in [0.15, 0.2) is 21.3 Å². The third-order valence-corrected chi connectivity index (χ3v) is 6.87. The maximum atomic E-state index is 12.2. The van der Waals surface area contributed by atoms with Crippen LogP contribution in [0.25, 0.3) is 0 Å². The zero-order valence-electron chi connectivity index (χ0n) is 15.1. The van der Waals surface area contributed by atoms with Crippen molar-refractivity contribution in [3.05, 3.63) is 29.5 Å². The van der Waals surface area contributed by atoms with Crippen molar-refractivity contribution in [2.24, 2.45) is 0 Å². The lowest BCUT2D eigenvalue weighted by molar-refractivity contribution is 0.0948. The van der Waals surface area contributed by atoms with Crippen LogP contribution in [0.4, 0.5) is 5.82 Å². The Morgan fingerprint density at radius 3 is 2.77 bits per heavy atom. The molecule has 1 unspecified atom stereocenters. The largest absolute Gasteiger partial charge is 0.354 e. The predicted octanol–water partition coefficient (Wildman–Crippen LogP) is 1.72. The van der Waals surface area contributed by atoms with Crippen molar-refractivity contribution < 1.29 is 13.2 Å². The quantitative estimate of drug-likeness (QED) is 0.758. The van der Waals surface area contributed by atoms with Crippen LogP contribution >= 0.6 is 0 Å². The maximum Gasteiger partial charge on any atom is 0.271 e. The normalized spacial score (nSPS) is 21.9. The predicted molar refractivity (Wildman–Crippen MR) is 101 cm³/mol. The zero-order chi connectivity index (χ0) is 18.6. The van der Waals surface area contributed by atoms with Crippen molar-refractivity contribution >= 4 is 21.6 Å². The van der Waals surface area contributed by atoms with Crippen molar-refractivity contribution in [3.8, 4) is 0 Å².